The second-order valence-electron chi connectivity index (χ2n) is 9.49. The van der Waals surface area contributed by atoms with Crippen molar-refractivity contribution in [2.75, 3.05) is 0 Å². The summed E-state index contributed by atoms with van der Waals surface area (Å²) in [5.74, 6) is -0.631. The highest BCUT2D eigenvalue weighted by molar-refractivity contribution is 9.10. The number of carboxylic acids is 1. The fraction of sp³-hybridized carbons (Fsp3) is 0.185. The van der Waals surface area contributed by atoms with E-state index in [4.69, 9.17) is 9.84 Å². The number of nitro benzene ring substituents is 1. The lowest BCUT2D eigenvalue weighted by Gasteiger charge is -2.20. The van der Waals surface area contributed by atoms with Gasteiger partial charge in [-0.25, -0.2) is 9.78 Å². The molecule has 0 spiro atoms. The van der Waals surface area contributed by atoms with E-state index in [0.717, 1.165) is 4.47 Å². The fourth-order valence-corrected chi connectivity index (χ4v) is 4.06. The molecule has 0 fully saturated rings. The highest BCUT2D eigenvalue weighted by Crippen LogP contribution is 2.29. The number of carboxylic acid groups (broad SMARTS) is 1. The van der Waals surface area contributed by atoms with E-state index in [1.165, 1.54) is 35.2 Å². The van der Waals surface area contributed by atoms with Crippen LogP contribution in [-0.2, 0) is 12.0 Å². The van der Waals surface area contributed by atoms with Crippen LogP contribution >= 0.6 is 15.9 Å². The first-order valence-electron chi connectivity index (χ1n) is 11.4. The quantitative estimate of drug-likeness (QED) is 0.173. The second kappa shape index (κ2) is 10.5. The molecule has 0 aliphatic carbocycles. The average Bonchev–Trinajstić information content (AvgIpc) is 2.86. The third-order valence-electron chi connectivity index (χ3n) is 5.55. The van der Waals surface area contributed by atoms with Crippen LogP contribution in [0.3, 0.4) is 0 Å². The van der Waals surface area contributed by atoms with E-state index in [-0.39, 0.29) is 29.2 Å². The van der Waals surface area contributed by atoms with Crippen molar-refractivity contribution in [3.63, 3.8) is 0 Å². The number of aromatic nitrogens is 2. The summed E-state index contributed by atoms with van der Waals surface area (Å²) in [5.41, 5.74) is 0.378. The Bertz CT molecular complexity index is 1660. The predicted molar refractivity (Wildman–Crippen MR) is 146 cm³/mol. The number of nitro groups is 1. The van der Waals surface area contributed by atoms with Crippen molar-refractivity contribution >= 4 is 44.7 Å². The molecule has 0 unspecified atom stereocenters. The Labute approximate surface area is 225 Å². The van der Waals surface area contributed by atoms with Crippen molar-refractivity contribution in [3.8, 4) is 5.75 Å². The highest BCUT2D eigenvalue weighted by atomic mass is 79.9. The summed E-state index contributed by atoms with van der Waals surface area (Å²) in [4.78, 5) is 40.3. The van der Waals surface area contributed by atoms with Crippen LogP contribution in [-0.4, -0.2) is 31.9 Å². The first-order chi connectivity index (χ1) is 17.9. The molecule has 3 aromatic carbocycles. The van der Waals surface area contributed by atoms with Crippen molar-refractivity contribution in [2.24, 2.45) is 5.10 Å². The molecule has 4 aromatic rings. The number of benzene rings is 3. The minimum atomic E-state index is -1.08. The van der Waals surface area contributed by atoms with Gasteiger partial charge >= 0.3 is 11.7 Å². The molecule has 0 saturated carbocycles. The number of hydrogen-bond donors (Lipinski definition) is 1. The standard InChI is InChI=1S/C27H23BrN4O6/c1-27(2,3)26-30-21-9-8-19(28)13-20(21)24(33)31(26)29-14-16-7-10-23(22(12-16)32(36)37)38-15-17-5-4-6-18(11-17)25(34)35/h4-14H,15H2,1-3H3,(H,34,35). The van der Waals surface area contributed by atoms with E-state index in [1.807, 2.05) is 20.8 Å². The Morgan fingerprint density at radius 3 is 2.63 bits per heavy atom. The van der Waals surface area contributed by atoms with Crippen molar-refractivity contribution in [3.05, 3.63) is 108 Å². The van der Waals surface area contributed by atoms with Crippen molar-refractivity contribution in [2.45, 2.75) is 32.8 Å². The zero-order valence-electron chi connectivity index (χ0n) is 20.7. The summed E-state index contributed by atoms with van der Waals surface area (Å²) >= 11 is 3.37. The molecule has 194 valence electrons. The molecule has 1 aromatic heterocycles. The van der Waals surface area contributed by atoms with Crippen LogP contribution in [0, 0.1) is 10.1 Å². The van der Waals surface area contributed by atoms with Crippen LogP contribution in [0.15, 0.2) is 75.0 Å². The molecule has 10 nitrogen and oxygen atoms in total. The Balaban J connectivity index is 1.68. The van der Waals surface area contributed by atoms with Gasteiger partial charge < -0.3 is 9.84 Å². The molecule has 38 heavy (non-hydrogen) atoms. The number of nitrogens with zero attached hydrogens (tertiary/aromatic N) is 4. The lowest BCUT2D eigenvalue weighted by molar-refractivity contribution is -0.385. The largest absolute Gasteiger partial charge is 0.482 e. The normalized spacial score (nSPS) is 11.7. The average molecular weight is 579 g/mol. The van der Waals surface area contributed by atoms with Gasteiger partial charge in [0, 0.05) is 21.5 Å². The summed E-state index contributed by atoms with van der Waals surface area (Å²) in [6.45, 7) is 5.68. The van der Waals surface area contributed by atoms with Crippen LogP contribution in [0.2, 0.25) is 0 Å². The number of ether oxygens (including phenoxy) is 1. The fourth-order valence-electron chi connectivity index (χ4n) is 3.70. The molecular formula is C27H23BrN4O6. The van der Waals surface area contributed by atoms with Crippen molar-refractivity contribution in [1.82, 2.24) is 9.66 Å². The lowest BCUT2D eigenvalue weighted by atomic mass is 9.95. The molecule has 1 N–H and O–H groups in total. The minimum Gasteiger partial charge on any atom is -0.482 e. The Kier molecular flexibility index (Phi) is 7.40. The Morgan fingerprint density at radius 1 is 1.18 bits per heavy atom. The van der Waals surface area contributed by atoms with Crippen LogP contribution in [0.5, 0.6) is 5.75 Å². The van der Waals surface area contributed by atoms with E-state index in [1.54, 1.807) is 36.4 Å². The summed E-state index contributed by atoms with van der Waals surface area (Å²) in [5, 5.41) is 25.6. The molecule has 0 aliphatic rings. The number of rotatable bonds is 7. The van der Waals surface area contributed by atoms with E-state index in [9.17, 15) is 19.7 Å². The number of fused-ring (bicyclic) bond motifs is 1. The van der Waals surface area contributed by atoms with Crippen LogP contribution in [0.1, 0.15) is 48.1 Å². The van der Waals surface area contributed by atoms with Crippen molar-refractivity contribution in [1.29, 1.82) is 0 Å². The van der Waals surface area contributed by atoms with Crippen LogP contribution < -0.4 is 10.3 Å². The maximum absolute atomic E-state index is 13.3. The molecule has 1 heterocycles. The molecule has 4 rings (SSSR count). The summed E-state index contributed by atoms with van der Waals surface area (Å²) in [7, 11) is 0. The van der Waals surface area contributed by atoms with Gasteiger partial charge in [0.25, 0.3) is 5.56 Å². The zero-order valence-corrected chi connectivity index (χ0v) is 22.3. The van der Waals surface area contributed by atoms with Crippen LogP contribution in [0.4, 0.5) is 5.69 Å². The minimum absolute atomic E-state index is 0.0117. The molecule has 0 saturated heterocycles. The van der Waals surface area contributed by atoms with E-state index >= 15 is 0 Å². The van der Waals surface area contributed by atoms with Gasteiger partial charge in [-0.2, -0.15) is 9.78 Å². The third kappa shape index (κ3) is 5.78. The smallest absolute Gasteiger partial charge is 0.335 e. The molecular weight excluding hydrogens is 556 g/mol. The second-order valence-corrected chi connectivity index (χ2v) is 10.4. The summed E-state index contributed by atoms with van der Waals surface area (Å²) in [6, 6.07) is 15.7. The molecule has 0 amide bonds. The van der Waals surface area contributed by atoms with Gasteiger partial charge in [0.05, 0.1) is 27.6 Å². The van der Waals surface area contributed by atoms with E-state index in [2.05, 4.69) is 26.0 Å². The number of aromatic carboxylic acids is 1. The Hall–Kier alpha value is -4.38. The molecule has 0 radical (unpaired) electrons. The molecule has 0 atom stereocenters. The maximum Gasteiger partial charge on any atom is 0.335 e. The number of halogens is 1. The monoisotopic (exact) mass is 578 g/mol. The van der Waals surface area contributed by atoms with Gasteiger partial charge in [0.2, 0.25) is 0 Å². The third-order valence-corrected chi connectivity index (χ3v) is 6.04. The molecule has 0 aliphatic heterocycles. The van der Waals surface area contributed by atoms with Gasteiger partial charge in [-0.05, 0) is 48.0 Å². The number of carbonyl (C=O) groups is 1. The van der Waals surface area contributed by atoms with Gasteiger partial charge in [-0.1, -0.05) is 48.8 Å². The molecule has 11 heteroatoms. The first kappa shape index (κ1) is 26.7. The SMILES string of the molecule is CC(C)(C)c1nc2ccc(Br)cc2c(=O)n1N=Cc1ccc(OCc2cccc(C(=O)O)c2)c([N+](=O)[O-])c1. The lowest BCUT2D eigenvalue weighted by Crippen LogP contribution is -2.29. The predicted octanol–water partition coefficient (Wildman–Crippen LogP) is 5.52. The van der Waals surface area contributed by atoms with Gasteiger partial charge in [-0.15, -0.1) is 0 Å². The van der Waals surface area contributed by atoms with Crippen molar-refractivity contribution < 1.29 is 19.6 Å². The zero-order chi connectivity index (χ0) is 27.6. The molecule has 0 bridgehead atoms. The van der Waals surface area contributed by atoms with Crippen LogP contribution in [0.25, 0.3) is 10.9 Å². The number of hydrogen-bond acceptors (Lipinski definition) is 7. The highest BCUT2D eigenvalue weighted by Gasteiger charge is 2.23. The van der Waals surface area contributed by atoms with Gasteiger partial charge in [-0.3, -0.25) is 14.9 Å². The van der Waals surface area contributed by atoms with Gasteiger partial charge in [0.15, 0.2) is 5.75 Å². The first-order valence-corrected chi connectivity index (χ1v) is 12.2. The topological polar surface area (TPSA) is 137 Å². The summed E-state index contributed by atoms with van der Waals surface area (Å²) in [6.07, 6.45) is 1.36. The maximum atomic E-state index is 13.3. The Morgan fingerprint density at radius 2 is 1.95 bits per heavy atom. The van der Waals surface area contributed by atoms with E-state index in [0.29, 0.717) is 27.9 Å². The van der Waals surface area contributed by atoms with Gasteiger partial charge in [0.1, 0.15) is 12.4 Å². The van der Waals surface area contributed by atoms with E-state index < -0.39 is 16.3 Å². The summed E-state index contributed by atoms with van der Waals surface area (Å²) < 4.78 is 7.57.